The molecule has 1 aromatic heterocycles. The molecule has 0 atom stereocenters. The minimum Gasteiger partial charge on any atom is -0.321 e. The predicted octanol–water partition coefficient (Wildman–Crippen LogP) is 3.10. The summed E-state index contributed by atoms with van der Waals surface area (Å²) < 4.78 is 1.06. The monoisotopic (exact) mass is 388 g/mol. The summed E-state index contributed by atoms with van der Waals surface area (Å²) in [5, 5.41) is 19.5. The third kappa shape index (κ3) is 2.99. The molecule has 7 nitrogen and oxygen atoms in total. The topological polar surface area (TPSA) is 101 Å². The molecule has 0 saturated carbocycles. The standard InChI is InChI=1S/C10H6Br2N4O3/c11-7-8(14-15-9(7)12)10(17)13-5-1-3-6(4-2-5)16(18)19/h1-4H,(H,13,17)(H,14,15). The van der Waals surface area contributed by atoms with Gasteiger partial charge in [-0.05, 0) is 44.0 Å². The molecule has 19 heavy (non-hydrogen) atoms. The first-order valence-electron chi connectivity index (χ1n) is 4.94. The number of H-pyrrole nitrogens is 1. The molecule has 1 heterocycles. The molecular weight excluding hydrogens is 384 g/mol. The van der Waals surface area contributed by atoms with Crippen LogP contribution in [0.15, 0.2) is 33.3 Å². The lowest BCUT2D eigenvalue weighted by Crippen LogP contribution is -2.13. The van der Waals surface area contributed by atoms with Crippen LogP contribution in [0.4, 0.5) is 11.4 Å². The summed E-state index contributed by atoms with van der Waals surface area (Å²) in [7, 11) is 0. The molecule has 1 aromatic carbocycles. The van der Waals surface area contributed by atoms with Crippen LogP contribution in [-0.2, 0) is 0 Å². The van der Waals surface area contributed by atoms with Crippen LogP contribution in [0, 0.1) is 10.1 Å². The lowest BCUT2D eigenvalue weighted by atomic mass is 10.3. The van der Waals surface area contributed by atoms with E-state index in [1.54, 1.807) is 0 Å². The number of carbonyl (C=O) groups excluding carboxylic acids is 1. The zero-order valence-corrected chi connectivity index (χ0v) is 12.4. The average Bonchev–Trinajstić information content (AvgIpc) is 2.70. The van der Waals surface area contributed by atoms with Crippen molar-refractivity contribution in [2.75, 3.05) is 5.32 Å². The van der Waals surface area contributed by atoms with Crippen molar-refractivity contribution >= 4 is 49.1 Å². The molecular formula is C10H6Br2N4O3. The number of nitro benzene ring substituents is 1. The molecule has 0 unspecified atom stereocenters. The first-order chi connectivity index (χ1) is 8.99. The first-order valence-corrected chi connectivity index (χ1v) is 6.53. The van der Waals surface area contributed by atoms with Gasteiger partial charge >= 0.3 is 0 Å². The van der Waals surface area contributed by atoms with Gasteiger partial charge in [-0.3, -0.25) is 20.0 Å². The van der Waals surface area contributed by atoms with Crippen LogP contribution in [-0.4, -0.2) is 21.0 Å². The van der Waals surface area contributed by atoms with Crippen molar-refractivity contribution in [3.63, 3.8) is 0 Å². The van der Waals surface area contributed by atoms with Crippen LogP contribution in [0.25, 0.3) is 0 Å². The van der Waals surface area contributed by atoms with E-state index >= 15 is 0 Å². The molecule has 0 bridgehead atoms. The van der Waals surface area contributed by atoms with Crippen LogP contribution < -0.4 is 5.32 Å². The number of anilines is 1. The fraction of sp³-hybridized carbons (Fsp3) is 0. The molecule has 1 amide bonds. The molecule has 9 heteroatoms. The summed E-state index contributed by atoms with van der Waals surface area (Å²) in [4.78, 5) is 21.9. The Bertz CT molecular complexity index is 639. The van der Waals surface area contributed by atoms with Gasteiger partial charge in [0.05, 0.1) is 9.40 Å². The summed E-state index contributed by atoms with van der Waals surface area (Å²) >= 11 is 6.38. The Labute approximate surface area is 123 Å². The summed E-state index contributed by atoms with van der Waals surface area (Å²) in [6.07, 6.45) is 0. The number of nitro groups is 1. The van der Waals surface area contributed by atoms with Crippen molar-refractivity contribution < 1.29 is 9.72 Å². The fourth-order valence-electron chi connectivity index (χ4n) is 1.31. The molecule has 0 radical (unpaired) electrons. The second kappa shape index (κ2) is 5.49. The number of hydrogen-bond donors (Lipinski definition) is 2. The Morgan fingerprint density at radius 1 is 1.32 bits per heavy atom. The van der Waals surface area contributed by atoms with E-state index in [2.05, 4.69) is 47.4 Å². The second-order valence-corrected chi connectivity index (χ2v) is 5.04. The van der Waals surface area contributed by atoms with E-state index in [1.165, 1.54) is 24.3 Å². The Morgan fingerprint density at radius 2 is 1.95 bits per heavy atom. The number of carbonyl (C=O) groups is 1. The van der Waals surface area contributed by atoms with Gasteiger partial charge in [-0.25, -0.2) is 0 Å². The van der Waals surface area contributed by atoms with Crippen molar-refractivity contribution in [1.29, 1.82) is 0 Å². The number of benzene rings is 1. The Kier molecular flexibility index (Phi) is 3.96. The normalized spacial score (nSPS) is 10.2. The third-order valence-electron chi connectivity index (χ3n) is 2.22. The molecule has 0 aliphatic heterocycles. The van der Waals surface area contributed by atoms with E-state index < -0.39 is 10.8 Å². The Morgan fingerprint density at radius 3 is 2.42 bits per heavy atom. The molecule has 0 spiro atoms. The number of non-ortho nitro benzene ring substituents is 1. The fourth-order valence-corrected chi connectivity index (χ4v) is 1.95. The minimum atomic E-state index is -0.507. The maximum Gasteiger partial charge on any atom is 0.277 e. The van der Waals surface area contributed by atoms with E-state index in [0.717, 1.165) is 0 Å². The van der Waals surface area contributed by atoms with E-state index in [9.17, 15) is 14.9 Å². The van der Waals surface area contributed by atoms with E-state index in [1.807, 2.05) is 0 Å². The smallest absolute Gasteiger partial charge is 0.277 e. The van der Waals surface area contributed by atoms with Gasteiger partial charge in [-0.2, -0.15) is 5.10 Å². The molecule has 2 aromatic rings. The molecule has 0 fully saturated rings. The molecule has 2 N–H and O–H groups in total. The highest BCUT2D eigenvalue weighted by molar-refractivity contribution is 9.13. The van der Waals surface area contributed by atoms with Crippen LogP contribution in [0.1, 0.15) is 10.5 Å². The second-order valence-electron chi connectivity index (χ2n) is 3.46. The summed E-state index contributed by atoms with van der Waals surface area (Å²) in [5.41, 5.74) is 0.591. The van der Waals surface area contributed by atoms with Crippen molar-refractivity contribution in [2.24, 2.45) is 0 Å². The Balaban J connectivity index is 2.15. The van der Waals surface area contributed by atoms with E-state index in [-0.39, 0.29) is 11.4 Å². The minimum absolute atomic E-state index is 0.0401. The van der Waals surface area contributed by atoms with Gasteiger partial charge in [0.2, 0.25) is 0 Å². The highest BCUT2D eigenvalue weighted by Crippen LogP contribution is 2.24. The molecule has 2 rings (SSSR count). The Hall–Kier alpha value is -1.74. The van der Waals surface area contributed by atoms with Gasteiger partial charge in [0, 0.05) is 17.8 Å². The highest BCUT2D eigenvalue weighted by Gasteiger charge is 2.16. The van der Waals surface area contributed by atoms with Gasteiger partial charge in [0.1, 0.15) is 4.60 Å². The van der Waals surface area contributed by atoms with Gasteiger partial charge in [0.25, 0.3) is 11.6 Å². The van der Waals surface area contributed by atoms with Crippen molar-refractivity contribution in [3.8, 4) is 0 Å². The predicted molar refractivity (Wildman–Crippen MR) is 75.0 cm³/mol. The molecule has 98 valence electrons. The molecule has 0 aliphatic carbocycles. The lowest BCUT2D eigenvalue weighted by molar-refractivity contribution is -0.384. The van der Waals surface area contributed by atoms with E-state index in [0.29, 0.717) is 14.8 Å². The average molecular weight is 390 g/mol. The van der Waals surface area contributed by atoms with Gasteiger partial charge in [-0.1, -0.05) is 0 Å². The zero-order chi connectivity index (χ0) is 14.0. The highest BCUT2D eigenvalue weighted by atomic mass is 79.9. The molecule has 0 saturated heterocycles. The van der Waals surface area contributed by atoms with Crippen LogP contribution >= 0.6 is 31.9 Å². The van der Waals surface area contributed by atoms with Crippen LogP contribution in [0.3, 0.4) is 0 Å². The quantitative estimate of drug-likeness (QED) is 0.622. The number of aromatic amines is 1. The molecule has 0 aliphatic rings. The van der Waals surface area contributed by atoms with Crippen molar-refractivity contribution in [1.82, 2.24) is 10.2 Å². The maximum absolute atomic E-state index is 11.9. The van der Waals surface area contributed by atoms with Crippen LogP contribution in [0.5, 0.6) is 0 Å². The van der Waals surface area contributed by atoms with Crippen molar-refractivity contribution in [3.05, 3.63) is 49.1 Å². The number of nitrogens with one attached hydrogen (secondary N) is 2. The largest absolute Gasteiger partial charge is 0.321 e. The van der Waals surface area contributed by atoms with Gasteiger partial charge in [0.15, 0.2) is 5.69 Å². The zero-order valence-electron chi connectivity index (χ0n) is 9.18. The lowest BCUT2D eigenvalue weighted by Gasteiger charge is -2.02. The van der Waals surface area contributed by atoms with Gasteiger partial charge < -0.3 is 5.32 Å². The van der Waals surface area contributed by atoms with E-state index in [4.69, 9.17) is 0 Å². The number of aromatic nitrogens is 2. The number of halogens is 2. The number of rotatable bonds is 3. The summed E-state index contributed by atoms with van der Waals surface area (Å²) in [6.45, 7) is 0. The summed E-state index contributed by atoms with van der Waals surface area (Å²) in [5.74, 6) is -0.428. The van der Waals surface area contributed by atoms with Crippen molar-refractivity contribution in [2.45, 2.75) is 0 Å². The summed E-state index contributed by atoms with van der Waals surface area (Å²) in [6, 6.07) is 5.52. The number of hydrogen-bond acceptors (Lipinski definition) is 4. The third-order valence-corrected chi connectivity index (χ3v) is 4.10. The SMILES string of the molecule is O=C(Nc1ccc([N+](=O)[O-])cc1)c1n[nH]c(Br)c1Br. The first kappa shape index (κ1) is 13.7. The maximum atomic E-state index is 11.9. The number of amides is 1. The van der Waals surface area contributed by atoms with Gasteiger partial charge in [-0.15, -0.1) is 0 Å². The number of nitrogens with zero attached hydrogens (tertiary/aromatic N) is 2. The van der Waals surface area contributed by atoms with Crippen LogP contribution in [0.2, 0.25) is 0 Å².